The lowest BCUT2D eigenvalue weighted by Gasteiger charge is -2.29. The topological polar surface area (TPSA) is 63.4 Å². The Balaban J connectivity index is 3.16. The zero-order chi connectivity index (χ0) is 15.4. The number of hydrogen-bond donors (Lipinski definition) is 1. The lowest BCUT2D eigenvalue weighted by Crippen LogP contribution is -2.29. The van der Waals surface area contributed by atoms with E-state index in [4.69, 9.17) is 17.3 Å². The fraction of sp³-hybridized carbons (Fsp3) is 0.455. The van der Waals surface area contributed by atoms with Gasteiger partial charge < -0.3 is 0 Å². The fourth-order valence-corrected chi connectivity index (χ4v) is 10.4. The summed E-state index contributed by atoms with van der Waals surface area (Å²) in [6.07, 6.45) is 0.913. The average molecular weight is 417 g/mol. The Morgan fingerprint density at radius 3 is 2.35 bits per heavy atom. The molecule has 4 nitrogen and oxygen atoms in total. The summed E-state index contributed by atoms with van der Waals surface area (Å²) >= 11 is 10.1. The van der Waals surface area contributed by atoms with E-state index in [0.717, 1.165) is 16.6 Å². The van der Waals surface area contributed by atoms with Gasteiger partial charge >= 0.3 is 0 Å². The van der Waals surface area contributed by atoms with E-state index in [9.17, 15) is 8.42 Å². The highest BCUT2D eigenvalue weighted by Gasteiger charge is 2.33. The van der Waals surface area contributed by atoms with E-state index in [0.29, 0.717) is 0 Å². The quantitative estimate of drug-likeness (QED) is 0.684. The second-order valence-corrected chi connectivity index (χ2v) is 14.1. The molecule has 2 N–H and O–H groups in total. The Kier molecular flexibility index (Phi) is 7.19. The molecule has 0 radical (unpaired) electrons. The van der Waals surface area contributed by atoms with Crippen LogP contribution in [0.25, 0.3) is 0 Å². The molecule has 0 aliphatic carbocycles. The van der Waals surface area contributed by atoms with Crippen molar-refractivity contribution in [3.8, 4) is 0 Å². The van der Waals surface area contributed by atoms with Crippen LogP contribution in [0.15, 0.2) is 33.6 Å². The number of sulfonamides is 1. The van der Waals surface area contributed by atoms with E-state index >= 15 is 0 Å². The number of halogens is 1. The predicted molar refractivity (Wildman–Crippen MR) is 94.9 cm³/mol. The highest BCUT2D eigenvalue weighted by atomic mass is 79.9. The van der Waals surface area contributed by atoms with Crippen molar-refractivity contribution < 1.29 is 8.42 Å². The van der Waals surface area contributed by atoms with E-state index in [2.05, 4.69) is 15.9 Å². The lowest BCUT2D eigenvalue weighted by molar-refractivity contribution is 0.546. The van der Waals surface area contributed by atoms with Gasteiger partial charge in [-0.3, -0.25) is 5.50 Å². The molecule has 114 valence electrons. The third-order valence-electron chi connectivity index (χ3n) is 2.45. The minimum Gasteiger partial charge on any atom is -0.282 e. The molecule has 1 atom stereocenters. The zero-order valence-electron chi connectivity index (χ0n) is 11.3. The third-order valence-corrected chi connectivity index (χ3v) is 12.4. The molecule has 0 spiro atoms. The van der Waals surface area contributed by atoms with Gasteiger partial charge in [-0.2, -0.15) is 0 Å². The normalized spacial score (nSPS) is 15.2. The van der Waals surface area contributed by atoms with Crippen LogP contribution in [-0.2, 0) is 21.8 Å². The van der Waals surface area contributed by atoms with Crippen LogP contribution < -0.4 is 5.50 Å². The first-order valence-corrected chi connectivity index (χ1v) is 12.7. The summed E-state index contributed by atoms with van der Waals surface area (Å²) in [5, 5.41) is 0. The largest absolute Gasteiger partial charge is 0.282 e. The Labute approximate surface area is 138 Å². The van der Waals surface area contributed by atoms with Crippen LogP contribution in [0.2, 0.25) is 0 Å². The van der Waals surface area contributed by atoms with Crippen molar-refractivity contribution >= 4 is 54.7 Å². The number of hydrogen-bond acceptors (Lipinski definition) is 4. The molecule has 0 amide bonds. The Morgan fingerprint density at radius 2 is 1.90 bits per heavy atom. The molecule has 0 saturated carbocycles. The molecular formula is C11H18BrN2O2PS3. The highest BCUT2D eigenvalue weighted by Crippen LogP contribution is 2.57. The average Bonchev–Trinajstić information content (AvgIpc) is 2.37. The Morgan fingerprint density at radius 1 is 1.35 bits per heavy atom. The molecule has 0 fully saturated rings. The molecule has 1 unspecified atom stereocenters. The second-order valence-electron chi connectivity index (χ2n) is 3.99. The number of nitrogens with zero attached hydrogens (tertiary/aromatic N) is 1. The van der Waals surface area contributed by atoms with Gasteiger partial charge in [-0.05, 0) is 30.7 Å². The molecule has 0 heterocycles. The van der Waals surface area contributed by atoms with E-state index < -0.39 is 15.6 Å². The monoisotopic (exact) mass is 416 g/mol. The Bertz CT molecular complexity index is 592. The standard InChI is InChI=1S/C11H18BrN2O2PS3/c1-3-9-19-17(13,18)14(4-2)20(15,16)11-7-5-10(12)6-8-11/h5-8H,3-4,9H2,1-2H3,(H2,13,18). The van der Waals surface area contributed by atoms with Crippen molar-refractivity contribution in [1.29, 1.82) is 0 Å². The zero-order valence-corrected chi connectivity index (χ0v) is 16.3. The summed E-state index contributed by atoms with van der Waals surface area (Å²) in [7, 11) is -3.64. The van der Waals surface area contributed by atoms with Crippen molar-refractivity contribution in [2.75, 3.05) is 12.3 Å². The lowest BCUT2D eigenvalue weighted by atomic mass is 10.4. The van der Waals surface area contributed by atoms with Crippen LogP contribution in [0.3, 0.4) is 0 Å². The second kappa shape index (κ2) is 7.72. The fourth-order valence-electron chi connectivity index (χ4n) is 1.53. The summed E-state index contributed by atoms with van der Waals surface area (Å²) in [5.74, 6) is 0.764. The maximum atomic E-state index is 12.7. The molecule has 1 rings (SSSR count). The first-order valence-electron chi connectivity index (χ1n) is 6.07. The van der Waals surface area contributed by atoms with Gasteiger partial charge in [-0.1, -0.05) is 53.0 Å². The Hall–Kier alpha value is 0.570. The first kappa shape index (κ1) is 18.6. The summed E-state index contributed by atoms with van der Waals surface area (Å²) in [6, 6.07) is 6.50. The van der Waals surface area contributed by atoms with Gasteiger partial charge in [-0.25, -0.2) is 8.42 Å². The van der Waals surface area contributed by atoms with Crippen LogP contribution in [0.4, 0.5) is 0 Å². The minimum atomic E-state index is -3.64. The number of benzene rings is 1. The predicted octanol–water partition coefficient (Wildman–Crippen LogP) is 3.79. The summed E-state index contributed by atoms with van der Waals surface area (Å²) in [4.78, 5) is 0.222. The van der Waals surface area contributed by atoms with Crippen LogP contribution >= 0.6 is 32.9 Å². The van der Waals surface area contributed by atoms with Crippen LogP contribution in [0.1, 0.15) is 20.3 Å². The van der Waals surface area contributed by atoms with Gasteiger partial charge in [0, 0.05) is 16.8 Å². The highest BCUT2D eigenvalue weighted by molar-refractivity contribution is 9.10. The molecule has 0 saturated heterocycles. The number of rotatable bonds is 7. The van der Waals surface area contributed by atoms with Gasteiger partial charge in [0.1, 0.15) is 5.54 Å². The molecule has 0 aromatic heterocycles. The molecule has 1 aromatic carbocycles. The maximum Gasteiger partial charge on any atom is 0.248 e. The van der Waals surface area contributed by atoms with E-state index in [1.807, 2.05) is 6.92 Å². The molecular weight excluding hydrogens is 399 g/mol. The molecule has 20 heavy (non-hydrogen) atoms. The van der Waals surface area contributed by atoms with Crippen molar-refractivity contribution in [2.45, 2.75) is 25.2 Å². The maximum absolute atomic E-state index is 12.7. The van der Waals surface area contributed by atoms with E-state index in [1.54, 1.807) is 31.2 Å². The third kappa shape index (κ3) is 4.53. The SMILES string of the molecule is CCCSP(N)(=S)N(CC)S(=O)(=O)c1ccc(Br)cc1. The van der Waals surface area contributed by atoms with Gasteiger partial charge in [-0.15, -0.1) is 4.08 Å². The molecule has 0 aliphatic heterocycles. The van der Waals surface area contributed by atoms with Gasteiger partial charge in [0.15, 0.2) is 0 Å². The first-order chi connectivity index (χ1) is 9.25. The molecule has 0 bridgehead atoms. The van der Waals surface area contributed by atoms with Gasteiger partial charge in [0.05, 0.1) is 4.90 Å². The van der Waals surface area contributed by atoms with Crippen molar-refractivity contribution in [3.05, 3.63) is 28.7 Å². The van der Waals surface area contributed by atoms with Crippen LogP contribution in [-0.4, -0.2) is 24.8 Å². The minimum absolute atomic E-state index is 0.222. The summed E-state index contributed by atoms with van der Waals surface area (Å²) in [5.41, 5.74) is 3.50. The summed E-state index contributed by atoms with van der Waals surface area (Å²) in [6.45, 7) is 4.06. The van der Waals surface area contributed by atoms with Crippen LogP contribution in [0, 0.1) is 0 Å². The van der Waals surface area contributed by atoms with Crippen LogP contribution in [0.5, 0.6) is 0 Å². The van der Waals surface area contributed by atoms with Crippen molar-refractivity contribution in [2.24, 2.45) is 5.50 Å². The van der Waals surface area contributed by atoms with E-state index in [-0.39, 0.29) is 11.4 Å². The van der Waals surface area contributed by atoms with Crippen molar-refractivity contribution in [3.63, 3.8) is 0 Å². The summed E-state index contributed by atoms with van der Waals surface area (Å²) < 4.78 is 27.4. The van der Waals surface area contributed by atoms with E-state index in [1.165, 1.54) is 15.5 Å². The smallest absolute Gasteiger partial charge is 0.248 e. The molecule has 0 aliphatic rings. The van der Waals surface area contributed by atoms with Gasteiger partial charge in [0.25, 0.3) is 0 Å². The van der Waals surface area contributed by atoms with Gasteiger partial charge in [0.2, 0.25) is 10.0 Å². The molecule has 1 aromatic rings. The number of nitrogens with two attached hydrogens (primary N) is 1. The molecule has 9 heteroatoms. The van der Waals surface area contributed by atoms with Crippen molar-refractivity contribution in [1.82, 2.24) is 4.08 Å².